The number of fused-ring (bicyclic) bond motifs is 1. The molecule has 0 atom stereocenters. The minimum absolute atomic E-state index is 0.300. The van der Waals surface area contributed by atoms with E-state index in [2.05, 4.69) is 28.5 Å². The number of nitrogens with zero attached hydrogens (tertiary/aromatic N) is 2. The monoisotopic (exact) mass is 293 g/mol. The number of aromatic nitrogens is 1. The van der Waals surface area contributed by atoms with Gasteiger partial charge in [-0.15, -0.1) is 0 Å². The molecule has 0 radical (unpaired) electrons. The summed E-state index contributed by atoms with van der Waals surface area (Å²) in [5.41, 5.74) is 6.53. The molecule has 4 heteroatoms. The van der Waals surface area contributed by atoms with E-state index in [9.17, 15) is 4.39 Å². The molecule has 1 N–H and O–H groups in total. The third kappa shape index (κ3) is 2.96. The van der Waals surface area contributed by atoms with Crippen LogP contribution < -0.4 is 5.43 Å². The Morgan fingerprint density at radius 1 is 1.09 bits per heavy atom. The normalized spacial score (nSPS) is 11.2. The summed E-state index contributed by atoms with van der Waals surface area (Å²) in [7, 11) is 0. The van der Waals surface area contributed by atoms with Gasteiger partial charge in [0.15, 0.2) is 0 Å². The van der Waals surface area contributed by atoms with Gasteiger partial charge in [-0.2, -0.15) is 5.10 Å². The second-order valence-corrected chi connectivity index (χ2v) is 5.24. The van der Waals surface area contributed by atoms with Crippen LogP contribution in [0, 0.1) is 19.7 Å². The minimum atomic E-state index is -0.300. The number of rotatable bonds is 3. The molecule has 0 aliphatic carbocycles. The molecule has 3 nitrogen and oxygen atoms in total. The summed E-state index contributed by atoms with van der Waals surface area (Å²) in [6.07, 6.45) is 1.45. The molecule has 22 heavy (non-hydrogen) atoms. The Bertz CT molecular complexity index is 856. The van der Waals surface area contributed by atoms with E-state index in [1.165, 1.54) is 17.8 Å². The molecule has 0 saturated carbocycles. The van der Waals surface area contributed by atoms with Crippen LogP contribution in [0.25, 0.3) is 10.9 Å². The quantitative estimate of drug-likeness (QED) is 0.572. The van der Waals surface area contributed by atoms with Crippen molar-refractivity contribution in [1.29, 1.82) is 0 Å². The number of benzene rings is 2. The molecule has 0 saturated heterocycles. The van der Waals surface area contributed by atoms with Gasteiger partial charge in [-0.3, -0.25) is 5.43 Å². The molecule has 0 bridgehead atoms. The standard InChI is InChI=1S/C18H16FN3/c1-12-7-8-17-15(9-12)13(2)10-18(21-17)22-20-11-14-5-3-4-6-16(14)19/h3-11H,1-2H3,(H,21,22). The van der Waals surface area contributed by atoms with E-state index in [1.807, 2.05) is 25.1 Å². The zero-order valence-corrected chi connectivity index (χ0v) is 12.5. The fourth-order valence-electron chi connectivity index (χ4n) is 2.31. The van der Waals surface area contributed by atoms with Crippen molar-refractivity contribution in [3.63, 3.8) is 0 Å². The molecule has 0 aliphatic heterocycles. The van der Waals surface area contributed by atoms with E-state index in [4.69, 9.17) is 0 Å². The lowest BCUT2D eigenvalue weighted by molar-refractivity contribution is 0.626. The van der Waals surface area contributed by atoms with Gasteiger partial charge in [-0.25, -0.2) is 9.37 Å². The van der Waals surface area contributed by atoms with E-state index in [-0.39, 0.29) is 5.82 Å². The van der Waals surface area contributed by atoms with Crippen LogP contribution in [-0.2, 0) is 0 Å². The maximum absolute atomic E-state index is 13.5. The Kier molecular flexibility index (Phi) is 3.83. The second-order valence-electron chi connectivity index (χ2n) is 5.24. The van der Waals surface area contributed by atoms with E-state index in [0.29, 0.717) is 11.4 Å². The zero-order valence-electron chi connectivity index (χ0n) is 12.5. The van der Waals surface area contributed by atoms with Crippen LogP contribution in [0.4, 0.5) is 10.2 Å². The summed E-state index contributed by atoms with van der Waals surface area (Å²) in [4.78, 5) is 4.51. The van der Waals surface area contributed by atoms with E-state index >= 15 is 0 Å². The van der Waals surface area contributed by atoms with E-state index < -0.39 is 0 Å². The van der Waals surface area contributed by atoms with Gasteiger partial charge >= 0.3 is 0 Å². The van der Waals surface area contributed by atoms with Crippen LogP contribution in [-0.4, -0.2) is 11.2 Å². The first kappa shape index (κ1) is 14.2. The van der Waals surface area contributed by atoms with Gasteiger partial charge in [-0.1, -0.05) is 29.8 Å². The van der Waals surface area contributed by atoms with E-state index in [1.54, 1.807) is 18.2 Å². The van der Waals surface area contributed by atoms with Gasteiger partial charge in [0.2, 0.25) is 0 Å². The topological polar surface area (TPSA) is 37.3 Å². The van der Waals surface area contributed by atoms with Crippen LogP contribution >= 0.6 is 0 Å². The van der Waals surface area contributed by atoms with Crippen molar-refractivity contribution in [3.8, 4) is 0 Å². The number of halogens is 1. The van der Waals surface area contributed by atoms with Gasteiger partial charge in [0.25, 0.3) is 0 Å². The SMILES string of the molecule is Cc1ccc2nc(NN=Cc3ccccc3F)cc(C)c2c1. The number of hydrogen-bond acceptors (Lipinski definition) is 3. The molecule has 0 aliphatic rings. The third-order valence-corrected chi connectivity index (χ3v) is 3.46. The van der Waals surface area contributed by atoms with Gasteiger partial charge in [0.05, 0.1) is 11.7 Å². The van der Waals surface area contributed by atoms with Crippen LogP contribution in [0.5, 0.6) is 0 Å². The minimum Gasteiger partial charge on any atom is -0.261 e. The van der Waals surface area contributed by atoms with Gasteiger partial charge in [0, 0.05) is 10.9 Å². The third-order valence-electron chi connectivity index (χ3n) is 3.46. The molecule has 0 fully saturated rings. The summed E-state index contributed by atoms with van der Waals surface area (Å²) < 4.78 is 13.5. The fraction of sp³-hybridized carbons (Fsp3) is 0.111. The summed E-state index contributed by atoms with van der Waals surface area (Å²) in [6.45, 7) is 4.10. The van der Waals surface area contributed by atoms with Crippen molar-refractivity contribution in [2.24, 2.45) is 5.10 Å². The number of hydrazone groups is 1. The van der Waals surface area contributed by atoms with Crippen molar-refractivity contribution >= 4 is 22.9 Å². The van der Waals surface area contributed by atoms with E-state index in [0.717, 1.165) is 16.5 Å². The summed E-state index contributed by atoms with van der Waals surface area (Å²) in [5, 5.41) is 5.19. The Balaban J connectivity index is 1.85. The first-order chi connectivity index (χ1) is 10.6. The average Bonchev–Trinajstić information content (AvgIpc) is 2.50. The highest BCUT2D eigenvalue weighted by Crippen LogP contribution is 2.21. The Hall–Kier alpha value is -2.75. The van der Waals surface area contributed by atoms with Crippen molar-refractivity contribution in [1.82, 2.24) is 4.98 Å². The predicted octanol–water partition coefficient (Wildman–Crippen LogP) is 4.44. The molecule has 110 valence electrons. The molecule has 2 aromatic carbocycles. The smallest absolute Gasteiger partial charge is 0.147 e. The molecule has 0 amide bonds. The lowest BCUT2D eigenvalue weighted by Gasteiger charge is -2.06. The Labute approximate surface area is 128 Å². The highest BCUT2D eigenvalue weighted by atomic mass is 19.1. The van der Waals surface area contributed by atoms with Crippen molar-refractivity contribution in [2.75, 3.05) is 5.43 Å². The maximum Gasteiger partial charge on any atom is 0.147 e. The lowest BCUT2D eigenvalue weighted by Crippen LogP contribution is -1.96. The molecule has 1 heterocycles. The van der Waals surface area contributed by atoms with Crippen molar-refractivity contribution in [3.05, 3.63) is 71.0 Å². The molecule has 0 spiro atoms. The number of anilines is 1. The first-order valence-electron chi connectivity index (χ1n) is 7.05. The van der Waals surface area contributed by atoms with Crippen LogP contribution in [0.3, 0.4) is 0 Å². The number of pyridine rings is 1. The predicted molar refractivity (Wildman–Crippen MR) is 88.8 cm³/mol. The Morgan fingerprint density at radius 3 is 2.73 bits per heavy atom. The number of nitrogens with one attached hydrogen (secondary N) is 1. The fourth-order valence-corrected chi connectivity index (χ4v) is 2.31. The summed E-state index contributed by atoms with van der Waals surface area (Å²) in [5.74, 6) is 0.340. The second kappa shape index (κ2) is 5.93. The Morgan fingerprint density at radius 2 is 1.91 bits per heavy atom. The van der Waals surface area contributed by atoms with Crippen LogP contribution in [0.15, 0.2) is 53.6 Å². The maximum atomic E-state index is 13.5. The molecular formula is C18H16FN3. The lowest BCUT2D eigenvalue weighted by atomic mass is 10.1. The summed E-state index contributed by atoms with van der Waals surface area (Å²) in [6, 6.07) is 14.6. The van der Waals surface area contributed by atoms with Gasteiger partial charge < -0.3 is 0 Å². The molecule has 0 unspecified atom stereocenters. The highest BCUT2D eigenvalue weighted by molar-refractivity contribution is 5.85. The average molecular weight is 293 g/mol. The van der Waals surface area contributed by atoms with Crippen LogP contribution in [0.1, 0.15) is 16.7 Å². The number of aryl methyl sites for hydroxylation is 2. The highest BCUT2D eigenvalue weighted by Gasteiger charge is 2.02. The van der Waals surface area contributed by atoms with Gasteiger partial charge in [0.1, 0.15) is 11.6 Å². The van der Waals surface area contributed by atoms with Crippen molar-refractivity contribution in [2.45, 2.75) is 13.8 Å². The largest absolute Gasteiger partial charge is 0.261 e. The molecule has 1 aromatic heterocycles. The first-order valence-corrected chi connectivity index (χ1v) is 7.05. The number of hydrogen-bond donors (Lipinski definition) is 1. The zero-order chi connectivity index (χ0) is 15.5. The molecule has 3 aromatic rings. The van der Waals surface area contributed by atoms with Gasteiger partial charge in [-0.05, 0) is 43.7 Å². The summed E-state index contributed by atoms with van der Waals surface area (Å²) >= 11 is 0. The van der Waals surface area contributed by atoms with Crippen LogP contribution in [0.2, 0.25) is 0 Å². The van der Waals surface area contributed by atoms with Crippen molar-refractivity contribution < 1.29 is 4.39 Å². The molecule has 3 rings (SSSR count). The molecular weight excluding hydrogens is 277 g/mol.